The summed E-state index contributed by atoms with van der Waals surface area (Å²) in [5.74, 6) is 1.07. The summed E-state index contributed by atoms with van der Waals surface area (Å²) in [6.45, 7) is 2.66. The number of aromatic amines is 2. The third kappa shape index (κ3) is 6.50. The zero-order valence-corrected chi connectivity index (χ0v) is 19.1. The van der Waals surface area contributed by atoms with Gasteiger partial charge < -0.3 is 9.57 Å². The van der Waals surface area contributed by atoms with Gasteiger partial charge in [-0.05, 0) is 35.2 Å². The SMILES string of the molecule is CCCCO[s+]1cc(Oc2cc(Cl)ccc2Cl)[nH]n(Oc2cc(Cl)ccc2Cl)[nH]1. The first-order valence-electron chi connectivity index (χ1n) is 8.62. The number of nitrogens with one attached hydrogen (secondary N) is 2. The first-order valence-corrected chi connectivity index (χ1v) is 11.3. The van der Waals surface area contributed by atoms with E-state index in [-0.39, 0.29) is 0 Å². The van der Waals surface area contributed by atoms with E-state index in [2.05, 4.69) is 16.5 Å². The van der Waals surface area contributed by atoms with Crippen molar-refractivity contribution in [2.45, 2.75) is 19.8 Å². The lowest BCUT2D eigenvalue weighted by Gasteiger charge is -2.11. The van der Waals surface area contributed by atoms with Crippen molar-refractivity contribution in [3.05, 3.63) is 61.9 Å². The van der Waals surface area contributed by atoms with Gasteiger partial charge in [0.15, 0.2) is 5.75 Å². The molecule has 1 heterocycles. The van der Waals surface area contributed by atoms with Gasteiger partial charge in [-0.15, -0.1) is 4.18 Å². The van der Waals surface area contributed by atoms with Gasteiger partial charge in [-0.1, -0.05) is 59.7 Å². The average Bonchev–Trinajstić information content (AvgIpc) is 2.68. The van der Waals surface area contributed by atoms with E-state index in [0.29, 0.717) is 44.1 Å². The zero-order valence-electron chi connectivity index (χ0n) is 15.3. The summed E-state index contributed by atoms with van der Waals surface area (Å²) in [5.41, 5.74) is 0. The fraction of sp³-hybridized carbons (Fsp3) is 0.222. The molecule has 0 saturated carbocycles. The Labute approximate surface area is 190 Å². The van der Waals surface area contributed by atoms with Gasteiger partial charge in [0, 0.05) is 27.1 Å². The van der Waals surface area contributed by atoms with Crippen molar-refractivity contribution in [1.82, 2.24) is 14.5 Å². The molecule has 0 saturated heterocycles. The number of H-pyrrole nitrogens is 2. The number of nitrogens with zero attached hydrogens (tertiary/aromatic N) is 1. The number of hydrogen-bond acceptors (Lipinski definition) is 3. The Kier molecular flexibility index (Phi) is 8.06. The molecule has 0 bridgehead atoms. The molecule has 2 N–H and O–H groups in total. The van der Waals surface area contributed by atoms with Crippen LogP contribution >= 0.6 is 57.4 Å². The largest absolute Gasteiger partial charge is 0.434 e. The summed E-state index contributed by atoms with van der Waals surface area (Å²) in [5, 5.41) is 6.45. The van der Waals surface area contributed by atoms with Crippen molar-refractivity contribution in [2.24, 2.45) is 0 Å². The molecule has 6 nitrogen and oxygen atoms in total. The molecule has 0 aliphatic carbocycles. The van der Waals surface area contributed by atoms with Crippen LogP contribution in [0.3, 0.4) is 0 Å². The molecule has 2 aromatic carbocycles. The maximum atomic E-state index is 6.20. The van der Waals surface area contributed by atoms with E-state index < -0.39 is 10.9 Å². The van der Waals surface area contributed by atoms with Crippen LogP contribution in [0.2, 0.25) is 20.1 Å². The molecule has 1 aromatic heterocycles. The minimum Gasteiger partial charge on any atom is -0.434 e. The predicted molar refractivity (Wildman–Crippen MR) is 119 cm³/mol. The Morgan fingerprint density at radius 1 is 0.966 bits per heavy atom. The topological polar surface area (TPSA) is 64.2 Å². The lowest BCUT2D eigenvalue weighted by molar-refractivity contribution is 0.132. The van der Waals surface area contributed by atoms with Gasteiger partial charge in [0.25, 0.3) is 22.2 Å². The van der Waals surface area contributed by atoms with Crippen LogP contribution in [-0.2, 0) is 0 Å². The van der Waals surface area contributed by atoms with Gasteiger partial charge in [-0.25, -0.2) is 5.10 Å². The highest BCUT2D eigenvalue weighted by molar-refractivity contribution is 7.19. The number of unbranched alkanes of at least 4 members (excludes halogenated alkanes) is 1. The van der Waals surface area contributed by atoms with Gasteiger partial charge in [0.1, 0.15) is 12.4 Å². The van der Waals surface area contributed by atoms with E-state index >= 15 is 0 Å². The molecule has 3 rings (SSSR count). The monoisotopic (exact) mass is 496 g/mol. The summed E-state index contributed by atoms with van der Waals surface area (Å²) >= 11 is 24.5. The van der Waals surface area contributed by atoms with Gasteiger partial charge in [-0.2, -0.15) is 0 Å². The van der Waals surface area contributed by atoms with E-state index in [1.165, 1.54) is 4.96 Å². The third-order valence-corrected chi connectivity index (χ3v) is 5.79. The lowest BCUT2D eigenvalue weighted by Crippen LogP contribution is -2.16. The van der Waals surface area contributed by atoms with Crippen molar-refractivity contribution in [1.29, 1.82) is 0 Å². The standard InChI is InChI=1S/C18H18Cl4N3O3S/c1-2-3-8-26-29-11-18(27-16-9-12(19)4-6-14(16)21)23-25(24-29)28-17-10-13(20)5-7-15(17)22/h4-7,9-11,23-24H,2-3,8H2,1H3/q+1. The van der Waals surface area contributed by atoms with Crippen molar-refractivity contribution in [2.75, 3.05) is 6.61 Å². The number of rotatable bonds is 8. The second-order valence-corrected chi connectivity index (χ2v) is 8.73. The number of halogens is 4. The van der Waals surface area contributed by atoms with Crippen LogP contribution in [0.25, 0.3) is 0 Å². The highest BCUT2D eigenvalue weighted by Crippen LogP contribution is 2.32. The molecule has 156 valence electrons. The van der Waals surface area contributed by atoms with Crippen LogP contribution in [-0.4, -0.2) is 21.2 Å². The van der Waals surface area contributed by atoms with Crippen LogP contribution in [0.15, 0.2) is 41.8 Å². The first-order chi connectivity index (χ1) is 13.9. The Bertz CT molecular complexity index is 938. The normalized spacial score (nSPS) is 11.4. The molecule has 11 heteroatoms. The molecule has 0 amide bonds. The van der Waals surface area contributed by atoms with E-state index in [0.717, 1.165) is 12.8 Å². The second kappa shape index (κ2) is 10.5. The third-order valence-electron chi connectivity index (χ3n) is 3.50. The zero-order chi connectivity index (χ0) is 20.8. The number of aromatic nitrogens is 3. The molecule has 29 heavy (non-hydrogen) atoms. The van der Waals surface area contributed by atoms with Crippen LogP contribution in [0.1, 0.15) is 19.8 Å². The van der Waals surface area contributed by atoms with Crippen LogP contribution in [0, 0.1) is 0 Å². The predicted octanol–water partition coefficient (Wildman–Crippen LogP) is 7.49. The fourth-order valence-electron chi connectivity index (χ4n) is 2.12. The first kappa shape index (κ1) is 22.2. The van der Waals surface area contributed by atoms with Crippen LogP contribution in [0.5, 0.6) is 17.4 Å². The van der Waals surface area contributed by atoms with Crippen LogP contribution in [0.4, 0.5) is 0 Å². The van der Waals surface area contributed by atoms with Gasteiger partial charge >= 0.3 is 0 Å². The Hall–Kier alpha value is -1.48. The molecule has 0 radical (unpaired) electrons. The van der Waals surface area contributed by atoms with Crippen molar-refractivity contribution in [3.63, 3.8) is 0 Å². The van der Waals surface area contributed by atoms with E-state index in [1.807, 2.05) is 0 Å². The lowest BCUT2D eigenvalue weighted by atomic mass is 10.3. The summed E-state index contributed by atoms with van der Waals surface area (Å²) in [6.07, 6.45) is 1.93. The Morgan fingerprint density at radius 3 is 2.31 bits per heavy atom. The van der Waals surface area contributed by atoms with Crippen molar-refractivity contribution < 1.29 is 13.8 Å². The van der Waals surface area contributed by atoms with Gasteiger partial charge in [0.2, 0.25) is 0 Å². The van der Waals surface area contributed by atoms with Gasteiger partial charge in [0.05, 0.1) is 10.0 Å². The number of benzene rings is 2. The highest BCUT2D eigenvalue weighted by Gasteiger charge is 2.15. The maximum Gasteiger partial charge on any atom is 0.275 e. The summed E-state index contributed by atoms with van der Waals surface area (Å²) in [4.78, 5) is 7.00. The molecule has 1 atom stereocenters. The maximum absolute atomic E-state index is 6.20. The summed E-state index contributed by atoms with van der Waals surface area (Å²) in [6, 6.07) is 9.84. The van der Waals surface area contributed by atoms with Gasteiger partial charge in [-0.3, -0.25) is 0 Å². The molecular weight excluding hydrogens is 480 g/mol. The Morgan fingerprint density at radius 2 is 1.62 bits per heavy atom. The smallest absolute Gasteiger partial charge is 0.275 e. The highest BCUT2D eigenvalue weighted by atomic mass is 35.5. The average molecular weight is 498 g/mol. The summed E-state index contributed by atoms with van der Waals surface area (Å²) in [7, 11) is -0.828. The quantitative estimate of drug-likeness (QED) is 0.250. The van der Waals surface area contributed by atoms with E-state index in [1.54, 1.807) is 41.8 Å². The minimum absolute atomic E-state index is 0.339. The van der Waals surface area contributed by atoms with E-state index in [9.17, 15) is 0 Å². The Balaban J connectivity index is 1.92. The molecule has 1 unspecified atom stereocenters. The van der Waals surface area contributed by atoms with Crippen molar-refractivity contribution >= 4 is 57.4 Å². The van der Waals surface area contributed by atoms with E-state index in [4.69, 9.17) is 60.2 Å². The molecule has 0 aliphatic rings. The molecular formula is C18H18Cl4N3O3S+. The molecule has 0 spiro atoms. The van der Waals surface area contributed by atoms with Crippen LogP contribution < -0.4 is 13.8 Å². The molecule has 0 aliphatic heterocycles. The van der Waals surface area contributed by atoms with Crippen molar-refractivity contribution in [3.8, 4) is 17.4 Å². The summed E-state index contributed by atoms with van der Waals surface area (Å²) < 4.78 is 14.8. The fourth-order valence-corrected chi connectivity index (χ4v) is 3.76. The molecule has 0 fully saturated rings. The molecule has 3 aromatic rings. The minimum atomic E-state index is -0.828. The second-order valence-electron chi connectivity index (χ2n) is 5.80. The number of hydrogen-bond donors (Lipinski definition) is 2. The number of ether oxygens (including phenoxy) is 1.